The van der Waals surface area contributed by atoms with Gasteiger partial charge in [0, 0.05) is 5.56 Å². The number of benzene rings is 2. The molecule has 0 aliphatic carbocycles. The zero-order chi connectivity index (χ0) is 13.2. The molecule has 0 N–H and O–H groups in total. The number of nitrogens with zero attached hydrogens (tertiary/aromatic N) is 1. The minimum atomic E-state index is 0.942. The molecule has 1 aromatic heterocycles. The molecule has 96 valence electrons. The van der Waals surface area contributed by atoms with E-state index in [-0.39, 0.29) is 0 Å². The first kappa shape index (κ1) is 12.0. The van der Waals surface area contributed by atoms with Gasteiger partial charge in [-0.05, 0) is 43.0 Å². The molecule has 2 nitrogen and oxygen atoms in total. The summed E-state index contributed by atoms with van der Waals surface area (Å²) in [5.41, 5.74) is 3.64. The summed E-state index contributed by atoms with van der Waals surface area (Å²) in [5, 5.41) is 6.66. The summed E-state index contributed by atoms with van der Waals surface area (Å²) >= 11 is 0. The predicted molar refractivity (Wildman–Crippen MR) is 77.3 cm³/mol. The van der Waals surface area contributed by atoms with Gasteiger partial charge in [0.25, 0.3) is 0 Å². The van der Waals surface area contributed by atoms with Crippen molar-refractivity contribution in [2.45, 2.75) is 26.7 Å². The molecule has 0 bridgehead atoms. The monoisotopic (exact) mass is 251 g/mol. The highest BCUT2D eigenvalue weighted by Crippen LogP contribution is 2.21. The molecule has 3 rings (SSSR count). The van der Waals surface area contributed by atoms with Crippen LogP contribution in [-0.2, 0) is 12.8 Å². The van der Waals surface area contributed by atoms with Gasteiger partial charge in [-0.25, -0.2) is 0 Å². The van der Waals surface area contributed by atoms with E-state index < -0.39 is 0 Å². The maximum atomic E-state index is 5.22. The zero-order valence-electron chi connectivity index (χ0n) is 11.3. The van der Waals surface area contributed by atoms with Gasteiger partial charge in [-0.2, -0.15) is 0 Å². The Bertz CT molecular complexity index is 687. The molecular weight excluding hydrogens is 234 g/mol. The number of rotatable bonds is 3. The Morgan fingerprint density at radius 3 is 2.53 bits per heavy atom. The standard InChI is InChI=1S/C17H17NO/c1-12-16(13(2)19-18-12)11-10-15-8-5-7-14-6-3-4-9-17(14)15/h3-9H,10-11H2,1-2H3. The summed E-state index contributed by atoms with van der Waals surface area (Å²) in [5.74, 6) is 0.942. The van der Waals surface area contributed by atoms with Crippen LogP contribution in [0.3, 0.4) is 0 Å². The van der Waals surface area contributed by atoms with Crippen molar-refractivity contribution in [1.29, 1.82) is 0 Å². The van der Waals surface area contributed by atoms with Crippen LogP contribution >= 0.6 is 0 Å². The average molecular weight is 251 g/mol. The van der Waals surface area contributed by atoms with Crippen LogP contribution in [0.25, 0.3) is 10.8 Å². The van der Waals surface area contributed by atoms with Crippen LogP contribution in [0, 0.1) is 13.8 Å². The molecule has 0 radical (unpaired) electrons. The highest BCUT2D eigenvalue weighted by molar-refractivity contribution is 5.85. The summed E-state index contributed by atoms with van der Waals surface area (Å²) in [6, 6.07) is 15.0. The second kappa shape index (κ2) is 4.88. The first-order valence-electron chi connectivity index (χ1n) is 6.64. The van der Waals surface area contributed by atoms with Crippen molar-refractivity contribution in [3.05, 3.63) is 65.0 Å². The second-order valence-electron chi connectivity index (χ2n) is 4.94. The van der Waals surface area contributed by atoms with E-state index >= 15 is 0 Å². The lowest BCUT2D eigenvalue weighted by atomic mass is 9.98. The third kappa shape index (κ3) is 2.26. The van der Waals surface area contributed by atoms with E-state index in [1.165, 1.54) is 21.9 Å². The minimum absolute atomic E-state index is 0.942. The molecule has 0 aliphatic heterocycles. The summed E-state index contributed by atoms with van der Waals surface area (Å²) in [6.45, 7) is 3.99. The summed E-state index contributed by atoms with van der Waals surface area (Å²) in [6.07, 6.45) is 2.00. The maximum absolute atomic E-state index is 5.22. The first-order valence-corrected chi connectivity index (χ1v) is 6.64. The lowest BCUT2D eigenvalue weighted by molar-refractivity contribution is 0.392. The fraction of sp³-hybridized carbons (Fsp3) is 0.235. The highest BCUT2D eigenvalue weighted by Gasteiger charge is 2.09. The molecule has 0 atom stereocenters. The quantitative estimate of drug-likeness (QED) is 0.696. The van der Waals surface area contributed by atoms with E-state index in [0.29, 0.717) is 0 Å². The van der Waals surface area contributed by atoms with E-state index in [0.717, 1.165) is 24.3 Å². The van der Waals surface area contributed by atoms with Crippen molar-refractivity contribution in [2.75, 3.05) is 0 Å². The average Bonchev–Trinajstić information content (AvgIpc) is 2.76. The first-order chi connectivity index (χ1) is 9.25. The lowest BCUT2D eigenvalue weighted by Gasteiger charge is -2.06. The van der Waals surface area contributed by atoms with Gasteiger partial charge in [0.05, 0.1) is 5.69 Å². The van der Waals surface area contributed by atoms with Gasteiger partial charge in [-0.3, -0.25) is 0 Å². The van der Waals surface area contributed by atoms with E-state index in [9.17, 15) is 0 Å². The van der Waals surface area contributed by atoms with Crippen LogP contribution < -0.4 is 0 Å². The van der Waals surface area contributed by atoms with Gasteiger partial charge in [-0.15, -0.1) is 0 Å². The fourth-order valence-electron chi connectivity index (χ4n) is 2.63. The Labute approximate surface area is 113 Å². The van der Waals surface area contributed by atoms with Crippen molar-refractivity contribution in [3.63, 3.8) is 0 Å². The molecule has 0 amide bonds. The maximum Gasteiger partial charge on any atom is 0.137 e. The summed E-state index contributed by atoms with van der Waals surface area (Å²) in [4.78, 5) is 0. The van der Waals surface area contributed by atoms with Crippen molar-refractivity contribution in [2.24, 2.45) is 0 Å². The molecular formula is C17H17NO. The number of aryl methyl sites for hydroxylation is 3. The zero-order valence-corrected chi connectivity index (χ0v) is 11.3. The van der Waals surface area contributed by atoms with Crippen molar-refractivity contribution in [1.82, 2.24) is 5.16 Å². The molecule has 0 fully saturated rings. The Morgan fingerprint density at radius 2 is 1.74 bits per heavy atom. The van der Waals surface area contributed by atoms with Crippen LogP contribution in [0.5, 0.6) is 0 Å². The van der Waals surface area contributed by atoms with Crippen molar-refractivity contribution in [3.8, 4) is 0 Å². The third-order valence-electron chi connectivity index (χ3n) is 3.71. The smallest absolute Gasteiger partial charge is 0.137 e. The van der Waals surface area contributed by atoms with Gasteiger partial charge in [0.15, 0.2) is 0 Å². The molecule has 0 aliphatic rings. The highest BCUT2D eigenvalue weighted by atomic mass is 16.5. The van der Waals surface area contributed by atoms with Gasteiger partial charge >= 0.3 is 0 Å². The molecule has 2 heteroatoms. The van der Waals surface area contributed by atoms with Gasteiger partial charge in [-0.1, -0.05) is 47.6 Å². The largest absolute Gasteiger partial charge is 0.361 e. The number of fused-ring (bicyclic) bond motifs is 1. The van der Waals surface area contributed by atoms with Crippen LogP contribution in [0.1, 0.15) is 22.6 Å². The van der Waals surface area contributed by atoms with E-state index in [1.807, 2.05) is 13.8 Å². The molecule has 0 spiro atoms. The van der Waals surface area contributed by atoms with E-state index in [4.69, 9.17) is 4.52 Å². The third-order valence-corrected chi connectivity index (χ3v) is 3.71. The molecule has 3 aromatic rings. The van der Waals surface area contributed by atoms with E-state index in [1.54, 1.807) is 0 Å². The SMILES string of the molecule is Cc1noc(C)c1CCc1cccc2ccccc12. The molecule has 2 aromatic carbocycles. The number of hydrogen-bond acceptors (Lipinski definition) is 2. The van der Waals surface area contributed by atoms with Gasteiger partial charge < -0.3 is 4.52 Å². The van der Waals surface area contributed by atoms with Gasteiger partial charge in [0.2, 0.25) is 0 Å². The number of aromatic nitrogens is 1. The normalized spacial score (nSPS) is 11.1. The summed E-state index contributed by atoms with van der Waals surface area (Å²) in [7, 11) is 0. The Balaban J connectivity index is 1.90. The lowest BCUT2D eigenvalue weighted by Crippen LogP contribution is -1.95. The van der Waals surface area contributed by atoms with Crippen LogP contribution in [0.15, 0.2) is 47.0 Å². The van der Waals surface area contributed by atoms with Crippen LogP contribution in [0.4, 0.5) is 0 Å². The predicted octanol–water partition coefficient (Wildman–Crippen LogP) is 4.23. The van der Waals surface area contributed by atoms with Crippen molar-refractivity contribution < 1.29 is 4.52 Å². The molecule has 0 saturated heterocycles. The van der Waals surface area contributed by atoms with Crippen molar-refractivity contribution >= 4 is 10.8 Å². The Hall–Kier alpha value is -2.09. The topological polar surface area (TPSA) is 26.0 Å². The molecule has 0 unspecified atom stereocenters. The molecule has 0 saturated carbocycles. The molecule has 1 heterocycles. The Kier molecular flexibility index (Phi) is 3.08. The van der Waals surface area contributed by atoms with Crippen LogP contribution in [-0.4, -0.2) is 5.16 Å². The second-order valence-corrected chi connectivity index (χ2v) is 4.94. The van der Waals surface area contributed by atoms with Crippen LogP contribution in [0.2, 0.25) is 0 Å². The van der Waals surface area contributed by atoms with E-state index in [2.05, 4.69) is 47.6 Å². The minimum Gasteiger partial charge on any atom is -0.361 e. The Morgan fingerprint density at radius 1 is 0.947 bits per heavy atom. The number of hydrogen-bond donors (Lipinski definition) is 0. The summed E-state index contributed by atoms with van der Waals surface area (Å²) < 4.78 is 5.22. The fourth-order valence-corrected chi connectivity index (χ4v) is 2.63. The molecule has 19 heavy (non-hydrogen) atoms. The van der Waals surface area contributed by atoms with Gasteiger partial charge in [0.1, 0.15) is 5.76 Å².